The van der Waals surface area contributed by atoms with Crippen LogP contribution in [0.25, 0.3) is 16.4 Å². The molecule has 0 radical (unpaired) electrons. The molecule has 126 valence electrons. The van der Waals surface area contributed by atoms with Gasteiger partial charge in [0.15, 0.2) is 5.82 Å². The molecule has 0 fully saturated rings. The highest BCUT2D eigenvalue weighted by Gasteiger charge is 2.24. The van der Waals surface area contributed by atoms with Crippen molar-refractivity contribution >= 4 is 34.5 Å². The van der Waals surface area contributed by atoms with Crippen molar-refractivity contribution in [3.05, 3.63) is 50.6 Å². The molecule has 0 atom stereocenters. The molecule has 7 heteroatoms. The molecule has 4 nitrogen and oxygen atoms in total. The molecule has 0 amide bonds. The first-order valence-corrected chi connectivity index (χ1v) is 9.67. The van der Waals surface area contributed by atoms with E-state index in [1.54, 1.807) is 22.1 Å². The van der Waals surface area contributed by atoms with Crippen molar-refractivity contribution in [3.63, 3.8) is 0 Å². The molecule has 1 aromatic carbocycles. The second-order valence-corrected chi connectivity index (χ2v) is 7.82. The molecule has 2 aromatic heterocycles. The van der Waals surface area contributed by atoms with Crippen LogP contribution in [0.15, 0.2) is 24.5 Å². The average molecular weight is 389 g/mol. The lowest BCUT2D eigenvalue weighted by atomic mass is 10.1. The molecular weight excluding hydrogens is 375 g/mol. The molecular formula is C18H14Cl2N4S. The van der Waals surface area contributed by atoms with Crippen molar-refractivity contribution in [2.45, 2.75) is 32.1 Å². The molecule has 1 aliphatic rings. The minimum atomic E-state index is 0.440. The number of nitrogens with zero attached hydrogens (tertiary/aromatic N) is 4. The number of rotatable bonds is 2. The molecule has 0 aliphatic heterocycles. The highest BCUT2D eigenvalue weighted by Crippen LogP contribution is 2.38. The molecule has 0 spiro atoms. The van der Waals surface area contributed by atoms with Crippen molar-refractivity contribution in [1.82, 2.24) is 14.8 Å². The lowest BCUT2D eigenvalue weighted by Gasteiger charge is -2.07. The zero-order valence-corrected chi connectivity index (χ0v) is 15.6. The van der Waals surface area contributed by atoms with Crippen LogP contribution in [0.5, 0.6) is 0 Å². The lowest BCUT2D eigenvalue weighted by Crippen LogP contribution is -2.01. The van der Waals surface area contributed by atoms with Crippen molar-refractivity contribution in [2.75, 3.05) is 0 Å². The predicted octanol–water partition coefficient (Wildman–Crippen LogP) is 5.44. The van der Waals surface area contributed by atoms with Crippen molar-refractivity contribution in [1.29, 1.82) is 5.26 Å². The number of nitriles is 1. The number of hydrogen-bond acceptors (Lipinski definition) is 4. The summed E-state index contributed by atoms with van der Waals surface area (Å²) >= 11 is 14.2. The average Bonchev–Trinajstić information content (AvgIpc) is 3.15. The fourth-order valence-corrected chi connectivity index (χ4v) is 4.93. The van der Waals surface area contributed by atoms with Crippen LogP contribution in [0.3, 0.4) is 0 Å². The molecule has 0 saturated heterocycles. The first-order chi connectivity index (χ1) is 12.2. The summed E-state index contributed by atoms with van der Waals surface area (Å²) in [6, 6.07) is 7.82. The number of halogens is 2. The van der Waals surface area contributed by atoms with Crippen LogP contribution in [0, 0.1) is 11.3 Å². The second kappa shape index (κ2) is 6.80. The molecule has 1 aliphatic carbocycles. The van der Waals surface area contributed by atoms with Gasteiger partial charge in [0.1, 0.15) is 17.4 Å². The molecule has 25 heavy (non-hydrogen) atoms. The zero-order valence-electron chi connectivity index (χ0n) is 13.3. The van der Waals surface area contributed by atoms with Crippen LogP contribution in [0.1, 0.15) is 35.3 Å². The Hall–Kier alpha value is -1.87. The van der Waals surface area contributed by atoms with E-state index in [0.717, 1.165) is 24.3 Å². The van der Waals surface area contributed by atoms with E-state index in [0.29, 0.717) is 27.0 Å². The first kappa shape index (κ1) is 16.6. The normalized spacial score (nSPS) is 14.0. The van der Waals surface area contributed by atoms with Crippen molar-refractivity contribution < 1.29 is 0 Å². The van der Waals surface area contributed by atoms with Gasteiger partial charge in [0.05, 0.1) is 15.6 Å². The van der Waals surface area contributed by atoms with E-state index < -0.39 is 0 Å². The third-order valence-corrected chi connectivity index (χ3v) is 6.53. The Kier molecular flexibility index (Phi) is 4.51. The first-order valence-electron chi connectivity index (χ1n) is 8.10. The van der Waals surface area contributed by atoms with E-state index in [9.17, 15) is 5.26 Å². The Labute approximate surface area is 159 Å². The van der Waals surface area contributed by atoms with Crippen LogP contribution >= 0.6 is 34.5 Å². The quantitative estimate of drug-likeness (QED) is 0.548. The Balaban J connectivity index is 1.90. The molecule has 0 saturated carbocycles. The van der Waals surface area contributed by atoms with Crippen LogP contribution in [-0.4, -0.2) is 14.8 Å². The molecule has 2 heterocycles. The Morgan fingerprint density at radius 3 is 2.84 bits per heavy atom. The number of thiophene rings is 1. The monoisotopic (exact) mass is 388 g/mol. The molecule has 3 aromatic rings. The van der Waals surface area contributed by atoms with E-state index in [1.165, 1.54) is 29.6 Å². The summed E-state index contributed by atoms with van der Waals surface area (Å²) in [4.78, 5) is 5.67. The molecule has 0 bridgehead atoms. The molecule has 0 unspecified atom stereocenters. The minimum Gasteiger partial charge on any atom is -0.215 e. The maximum atomic E-state index is 9.76. The molecule has 0 N–H and O–H groups in total. The van der Waals surface area contributed by atoms with Crippen LogP contribution < -0.4 is 0 Å². The zero-order chi connectivity index (χ0) is 17.4. The van der Waals surface area contributed by atoms with E-state index in [1.807, 2.05) is 12.1 Å². The van der Waals surface area contributed by atoms with Gasteiger partial charge in [-0.25, -0.2) is 9.67 Å². The smallest absolute Gasteiger partial charge is 0.165 e. The summed E-state index contributed by atoms with van der Waals surface area (Å²) in [6.45, 7) is 0. The van der Waals surface area contributed by atoms with Gasteiger partial charge in [-0.3, -0.25) is 0 Å². The van der Waals surface area contributed by atoms with Gasteiger partial charge >= 0.3 is 0 Å². The standard InChI is InChI=1S/C18H14Cl2N4S/c19-14-7-4-6-12(16(14)20)17-22-10-23-24(17)18-13(9-21)11-5-2-1-3-8-15(11)25-18/h4,6-7,10H,1-3,5,8H2. The SMILES string of the molecule is N#Cc1c(-n2ncnc2-c2cccc(Cl)c2Cl)sc2c1CCCCC2. The van der Waals surface area contributed by atoms with E-state index in [2.05, 4.69) is 16.2 Å². The Morgan fingerprint density at radius 1 is 1.16 bits per heavy atom. The van der Waals surface area contributed by atoms with Gasteiger partial charge in [-0.15, -0.1) is 11.3 Å². The summed E-state index contributed by atoms with van der Waals surface area (Å²) in [5.41, 5.74) is 2.60. The highest BCUT2D eigenvalue weighted by atomic mass is 35.5. The van der Waals surface area contributed by atoms with Gasteiger partial charge < -0.3 is 0 Å². The number of fused-ring (bicyclic) bond motifs is 1. The fraction of sp³-hybridized carbons (Fsp3) is 0.278. The predicted molar refractivity (Wildman–Crippen MR) is 101 cm³/mol. The van der Waals surface area contributed by atoms with E-state index in [4.69, 9.17) is 23.2 Å². The highest BCUT2D eigenvalue weighted by molar-refractivity contribution is 7.15. The maximum Gasteiger partial charge on any atom is 0.165 e. The number of hydrogen-bond donors (Lipinski definition) is 0. The van der Waals surface area contributed by atoms with Crippen molar-refractivity contribution in [2.24, 2.45) is 0 Å². The van der Waals surface area contributed by atoms with Gasteiger partial charge in [0.2, 0.25) is 0 Å². The summed E-state index contributed by atoms with van der Waals surface area (Å²) in [7, 11) is 0. The van der Waals surface area contributed by atoms with Gasteiger partial charge in [0.25, 0.3) is 0 Å². The van der Waals surface area contributed by atoms with E-state index >= 15 is 0 Å². The lowest BCUT2D eigenvalue weighted by molar-refractivity contribution is 0.712. The van der Waals surface area contributed by atoms with Gasteiger partial charge in [0, 0.05) is 10.4 Å². The maximum absolute atomic E-state index is 9.76. The topological polar surface area (TPSA) is 54.5 Å². The van der Waals surface area contributed by atoms with Gasteiger partial charge in [-0.05, 0) is 43.4 Å². The van der Waals surface area contributed by atoms with E-state index in [-0.39, 0.29) is 0 Å². The number of aromatic nitrogens is 3. The summed E-state index contributed by atoms with van der Waals surface area (Å²) in [5.74, 6) is 0.598. The fourth-order valence-electron chi connectivity index (χ4n) is 3.24. The van der Waals surface area contributed by atoms with Gasteiger partial charge in [-0.1, -0.05) is 35.7 Å². The second-order valence-electron chi connectivity index (χ2n) is 5.95. The molecule has 4 rings (SSSR count). The largest absolute Gasteiger partial charge is 0.215 e. The Bertz CT molecular complexity index is 984. The number of aryl methyl sites for hydroxylation is 1. The third-order valence-electron chi connectivity index (χ3n) is 4.45. The summed E-state index contributed by atoms with van der Waals surface area (Å²) in [6.07, 6.45) is 6.98. The van der Waals surface area contributed by atoms with Crippen LogP contribution in [0.4, 0.5) is 0 Å². The van der Waals surface area contributed by atoms with Crippen LogP contribution in [0.2, 0.25) is 10.0 Å². The Morgan fingerprint density at radius 2 is 2.00 bits per heavy atom. The summed E-state index contributed by atoms with van der Waals surface area (Å²) in [5, 5.41) is 15.9. The van der Waals surface area contributed by atoms with Crippen molar-refractivity contribution in [3.8, 4) is 22.5 Å². The minimum absolute atomic E-state index is 0.440. The number of benzene rings is 1. The summed E-state index contributed by atoms with van der Waals surface area (Å²) < 4.78 is 1.72. The van der Waals surface area contributed by atoms with Crippen LogP contribution in [-0.2, 0) is 12.8 Å². The third kappa shape index (κ3) is 2.85. The van der Waals surface area contributed by atoms with Gasteiger partial charge in [-0.2, -0.15) is 10.4 Å².